The number of sulfonamides is 1. The monoisotopic (exact) mass is 298 g/mol. The summed E-state index contributed by atoms with van der Waals surface area (Å²) in [5, 5.41) is 5.19. The van der Waals surface area contributed by atoms with E-state index in [2.05, 4.69) is 0 Å². The van der Waals surface area contributed by atoms with Gasteiger partial charge in [0.15, 0.2) is 0 Å². The normalized spacial score (nSPS) is 11.8. The van der Waals surface area contributed by atoms with Crippen molar-refractivity contribution in [2.75, 3.05) is 6.54 Å². The summed E-state index contributed by atoms with van der Waals surface area (Å²) in [6.07, 6.45) is 0. The lowest BCUT2D eigenvalue weighted by Gasteiger charge is -2.26. The zero-order chi connectivity index (χ0) is 15.7. The highest BCUT2D eigenvalue weighted by Crippen LogP contribution is 2.21. The second-order valence-corrected chi connectivity index (χ2v) is 6.69. The standard InChI is InChI=1S/C14H22N2O3S/c1-6-16(9(2)3)14(17)12-8-13(20(15,18)19)11(5)7-10(12)4/h7-9H,6H2,1-5H3,(H2,15,18,19). The van der Waals surface area contributed by atoms with Crippen LogP contribution in [0.3, 0.4) is 0 Å². The van der Waals surface area contributed by atoms with Crippen molar-refractivity contribution in [1.82, 2.24) is 4.90 Å². The van der Waals surface area contributed by atoms with Crippen molar-refractivity contribution in [3.05, 3.63) is 28.8 Å². The van der Waals surface area contributed by atoms with Crippen LogP contribution >= 0.6 is 0 Å². The molecule has 0 spiro atoms. The Kier molecular flexibility index (Phi) is 4.94. The second kappa shape index (κ2) is 5.93. The third-order valence-electron chi connectivity index (χ3n) is 3.28. The van der Waals surface area contributed by atoms with Gasteiger partial charge in [0.05, 0.1) is 4.90 Å². The number of amides is 1. The Morgan fingerprint density at radius 3 is 2.20 bits per heavy atom. The van der Waals surface area contributed by atoms with Gasteiger partial charge < -0.3 is 4.90 Å². The van der Waals surface area contributed by atoms with Gasteiger partial charge in [0.25, 0.3) is 5.91 Å². The first-order valence-electron chi connectivity index (χ1n) is 6.54. The zero-order valence-electron chi connectivity index (χ0n) is 12.6. The average molecular weight is 298 g/mol. The van der Waals surface area contributed by atoms with E-state index < -0.39 is 10.0 Å². The van der Waals surface area contributed by atoms with E-state index in [0.717, 1.165) is 5.56 Å². The maximum atomic E-state index is 12.5. The molecule has 0 aliphatic rings. The third-order valence-corrected chi connectivity index (χ3v) is 4.34. The van der Waals surface area contributed by atoms with E-state index in [-0.39, 0.29) is 16.8 Å². The number of hydrogen-bond donors (Lipinski definition) is 1. The van der Waals surface area contributed by atoms with Crippen LogP contribution in [0.1, 0.15) is 42.3 Å². The predicted molar refractivity (Wildman–Crippen MR) is 79.1 cm³/mol. The maximum absolute atomic E-state index is 12.5. The van der Waals surface area contributed by atoms with Crippen LogP contribution in [0.4, 0.5) is 0 Å². The number of nitrogens with two attached hydrogens (primary N) is 1. The SMILES string of the molecule is CCN(C(=O)c1cc(S(N)(=O)=O)c(C)cc1C)C(C)C. The smallest absolute Gasteiger partial charge is 0.254 e. The first-order valence-corrected chi connectivity index (χ1v) is 8.09. The molecule has 0 saturated carbocycles. The van der Waals surface area contributed by atoms with Gasteiger partial charge in [0.2, 0.25) is 10.0 Å². The molecular weight excluding hydrogens is 276 g/mol. The summed E-state index contributed by atoms with van der Waals surface area (Å²) in [5.41, 5.74) is 1.68. The molecule has 1 aromatic rings. The van der Waals surface area contributed by atoms with Crippen LogP contribution in [-0.4, -0.2) is 31.8 Å². The van der Waals surface area contributed by atoms with Gasteiger partial charge in [0, 0.05) is 18.2 Å². The van der Waals surface area contributed by atoms with E-state index >= 15 is 0 Å². The minimum atomic E-state index is -3.83. The number of rotatable bonds is 4. The summed E-state index contributed by atoms with van der Waals surface area (Å²) in [7, 11) is -3.83. The highest BCUT2D eigenvalue weighted by molar-refractivity contribution is 7.89. The van der Waals surface area contributed by atoms with Crippen LogP contribution in [0, 0.1) is 13.8 Å². The van der Waals surface area contributed by atoms with Gasteiger partial charge in [0.1, 0.15) is 0 Å². The van der Waals surface area contributed by atoms with E-state index in [9.17, 15) is 13.2 Å². The molecule has 0 bridgehead atoms. The zero-order valence-corrected chi connectivity index (χ0v) is 13.4. The van der Waals surface area contributed by atoms with Crippen molar-refractivity contribution < 1.29 is 13.2 Å². The molecule has 0 heterocycles. The molecule has 1 rings (SSSR count). The second-order valence-electron chi connectivity index (χ2n) is 5.16. The fourth-order valence-electron chi connectivity index (χ4n) is 2.27. The predicted octanol–water partition coefficient (Wildman–Crippen LogP) is 1.82. The number of nitrogens with zero attached hydrogens (tertiary/aromatic N) is 1. The molecule has 0 aromatic heterocycles. The minimum Gasteiger partial charge on any atom is -0.336 e. The Bertz CT molecular complexity index is 622. The van der Waals surface area contributed by atoms with Gasteiger partial charge in [-0.25, -0.2) is 13.6 Å². The molecule has 0 aliphatic carbocycles. The number of primary sulfonamides is 1. The van der Waals surface area contributed by atoms with Crippen molar-refractivity contribution in [2.45, 2.75) is 45.6 Å². The van der Waals surface area contributed by atoms with E-state index in [4.69, 9.17) is 5.14 Å². The highest BCUT2D eigenvalue weighted by atomic mass is 32.2. The molecule has 0 aliphatic heterocycles. The van der Waals surface area contributed by atoms with E-state index in [1.54, 1.807) is 24.8 Å². The number of benzene rings is 1. The van der Waals surface area contributed by atoms with E-state index in [0.29, 0.717) is 17.7 Å². The highest BCUT2D eigenvalue weighted by Gasteiger charge is 2.22. The van der Waals surface area contributed by atoms with Crippen LogP contribution in [0.2, 0.25) is 0 Å². The van der Waals surface area contributed by atoms with Gasteiger partial charge >= 0.3 is 0 Å². The van der Waals surface area contributed by atoms with Crippen molar-refractivity contribution in [1.29, 1.82) is 0 Å². The molecule has 2 N–H and O–H groups in total. The van der Waals surface area contributed by atoms with Crippen molar-refractivity contribution in [3.63, 3.8) is 0 Å². The van der Waals surface area contributed by atoms with Crippen LogP contribution in [0.15, 0.2) is 17.0 Å². The van der Waals surface area contributed by atoms with E-state index in [1.807, 2.05) is 20.8 Å². The number of hydrogen-bond acceptors (Lipinski definition) is 3. The van der Waals surface area contributed by atoms with Gasteiger partial charge in [-0.1, -0.05) is 6.07 Å². The summed E-state index contributed by atoms with van der Waals surface area (Å²) in [6, 6.07) is 3.11. The molecule has 6 heteroatoms. The quantitative estimate of drug-likeness (QED) is 0.920. The molecule has 0 unspecified atom stereocenters. The fourth-order valence-corrected chi connectivity index (χ4v) is 3.06. The van der Waals surface area contributed by atoms with Crippen molar-refractivity contribution in [2.24, 2.45) is 5.14 Å². The molecule has 0 saturated heterocycles. The first-order chi connectivity index (χ1) is 9.09. The number of aryl methyl sites for hydroxylation is 2. The first kappa shape index (κ1) is 16.7. The summed E-state index contributed by atoms with van der Waals surface area (Å²) in [5.74, 6) is -0.176. The Balaban J connectivity index is 3.43. The summed E-state index contributed by atoms with van der Waals surface area (Å²) < 4.78 is 23.1. The maximum Gasteiger partial charge on any atom is 0.254 e. The van der Waals surface area contributed by atoms with Crippen LogP contribution in [0.5, 0.6) is 0 Å². The molecule has 1 aromatic carbocycles. The van der Waals surface area contributed by atoms with Crippen molar-refractivity contribution in [3.8, 4) is 0 Å². The van der Waals surface area contributed by atoms with Gasteiger partial charge in [-0.05, 0) is 51.8 Å². The largest absolute Gasteiger partial charge is 0.336 e. The Morgan fingerprint density at radius 1 is 1.25 bits per heavy atom. The van der Waals surface area contributed by atoms with Gasteiger partial charge in [-0.2, -0.15) is 0 Å². The van der Waals surface area contributed by atoms with Crippen LogP contribution in [-0.2, 0) is 10.0 Å². The average Bonchev–Trinajstić information content (AvgIpc) is 2.27. The summed E-state index contributed by atoms with van der Waals surface area (Å²) in [4.78, 5) is 14.2. The molecule has 5 nitrogen and oxygen atoms in total. The molecule has 20 heavy (non-hydrogen) atoms. The molecule has 1 amide bonds. The number of carbonyl (C=O) groups excluding carboxylic acids is 1. The van der Waals surface area contributed by atoms with Gasteiger partial charge in [-0.3, -0.25) is 4.79 Å². The molecular formula is C14H22N2O3S. The lowest BCUT2D eigenvalue weighted by Crippen LogP contribution is -2.37. The molecule has 112 valence electrons. The minimum absolute atomic E-state index is 0.00580. The fraction of sp³-hybridized carbons (Fsp3) is 0.500. The van der Waals surface area contributed by atoms with E-state index in [1.165, 1.54) is 6.07 Å². The van der Waals surface area contributed by atoms with Crippen molar-refractivity contribution >= 4 is 15.9 Å². The van der Waals surface area contributed by atoms with Crippen LogP contribution < -0.4 is 5.14 Å². The Morgan fingerprint density at radius 2 is 1.80 bits per heavy atom. The Hall–Kier alpha value is -1.40. The lowest BCUT2D eigenvalue weighted by molar-refractivity contribution is 0.0716. The van der Waals surface area contributed by atoms with Crippen LogP contribution in [0.25, 0.3) is 0 Å². The lowest BCUT2D eigenvalue weighted by atomic mass is 10.0. The third kappa shape index (κ3) is 3.37. The molecule has 0 radical (unpaired) electrons. The summed E-state index contributed by atoms with van der Waals surface area (Å²) in [6.45, 7) is 9.76. The summed E-state index contributed by atoms with van der Waals surface area (Å²) >= 11 is 0. The number of carbonyl (C=O) groups is 1. The van der Waals surface area contributed by atoms with Gasteiger partial charge in [-0.15, -0.1) is 0 Å². The molecule has 0 fully saturated rings. The Labute approximate surface area is 120 Å². The topological polar surface area (TPSA) is 80.5 Å². The molecule has 0 atom stereocenters.